The first-order chi connectivity index (χ1) is 41.7. The topological polar surface area (TPSA) is 263 Å². The highest BCUT2D eigenvalue weighted by Crippen LogP contribution is 2.58. The summed E-state index contributed by atoms with van der Waals surface area (Å²) in [5.74, 6) is 0.197. The van der Waals surface area contributed by atoms with Gasteiger partial charge in [0.1, 0.15) is 59.5 Å². The molecule has 0 aliphatic carbocycles. The average molecular weight is 1190 g/mol. The van der Waals surface area contributed by atoms with Crippen molar-refractivity contribution in [3.05, 3.63) is 225 Å². The monoisotopic (exact) mass is 1190 g/mol. The molecule has 2 aromatic heterocycles. The van der Waals surface area contributed by atoms with Crippen LogP contribution in [0.4, 0.5) is 11.6 Å². The lowest BCUT2D eigenvalue weighted by atomic mass is 9.73. The molecule has 9 rings (SSSR count). The molecule has 2 aliphatic rings. The van der Waals surface area contributed by atoms with Crippen LogP contribution in [-0.2, 0) is 37.9 Å². The quantitative estimate of drug-likeness (QED) is 0.0246. The van der Waals surface area contributed by atoms with E-state index in [-0.39, 0.29) is 37.5 Å². The van der Waals surface area contributed by atoms with Gasteiger partial charge in [-0.15, -0.1) is 6.58 Å². The number of methoxy groups -OCH3 is 2. The molecule has 22 heteroatoms. The predicted octanol–water partition coefficient (Wildman–Crippen LogP) is 10.2. The van der Waals surface area contributed by atoms with E-state index in [4.69, 9.17) is 37.3 Å². The third-order valence-corrected chi connectivity index (χ3v) is 17.2. The number of rotatable bonds is 27. The van der Waals surface area contributed by atoms with Crippen molar-refractivity contribution in [3.63, 3.8) is 0 Å². The number of hydrogen-bond acceptors (Lipinski definition) is 17. The van der Waals surface area contributed by atoms with Crippen LogP contribution in [0.5, 0.6) is 11.5 Å². The maximum atomic E-state index is 16.1. The molecule has 2 aliphatic heterocycles. The molecule has 448 valence electrons. The van der Waals surface area contributed by atoms with Gasteiger partial charge in [-0.25, -0.2) is 14.2 Å². The Balaban J connectivity index is 1.07. The van der Waals surface area contributed by atoms with E-state index in [9.17, 15) is 29.5 Å². The Morgan fingerprint density at radius 2 is 1.20 bits per heavy atom. The summed E-state index contributed by atoms with van der Waals surface area (Å²) in [5, 5.41) is 27.2. The molecule has 21 nitrogen and oxygen atoms in total. The van der Waals surface area contributed by atoms with Crippen LogP contribution in [0.1, 0.15) is 102 Å². The molecule has 4 heterocycles. The molecule has 0 bridgehead atoms. The van der Waals surface area contributed by atoms with Crippen LogP contribution < -0.4 is 31.5 Å². The maximum absolute atomic E-state index is 16.1. The average Bonchev–Trinajstić information content (AvgIpc) is 1.13. The zero-order valence-corrected chi connectivity index (χ0v) is 48.9. The van der Waals surface area contributed by atoms with Gasteiger partial charge in [-0.05, 0) is 96.6 Å². The van der Waals surface area contributed by atoms with Gasteiger partial charge in [0.05, 0.1) is 52.1 Å². The molecule has 2 fully saturated rings. The molecule has 2 amide bonds. The highest BCUT2D eigenvalue weighted by Gasteiger charge is 2.50. The zero-order valence-electron chi connectivity index (χ0n) is 48.0. The number of nitriles is 1. The number of anilines is 2. The zero-order chi connectivity index (χ0) is 60.8. The number of amides is 2. The summed E-state index contributed by atoms with van der Waals surface area (Å²) in [6.45, 7) is 6.91. The van der Waals surface area contributed by atoms with Crippen molar-refractivity contribution in [1.82, 2.24) is 19.1 Å². The van der Waals surface area contributed by atoms with Crippen molar-refractivity contribution in [1.29, 1.82) is 5.26 Å². The van der Waals surface area contributed by atoms with E-state index >= 15 is 4.57 Å². The van der Waals surface area contributed by atoms with Crippen molar-refractivity contribution in [2.75, 3.05) is 38.1 Å². The smallest absolute Gasteiger partial charge is 0.475 e. The molecule has 0 spiro atoms. The fraction of sp³-hybridized carbons (Fsp3) is 0.328. The molecule has 0 radical (unpaired) electrons. The highest BCUT2D eigenvalue weighted by atomic mass is 31.2. The summed E-state index contributed by atoms with van der Waals surface area (Å²) < 4.78 is 69.5. The molecule has 2 unspecified atom stereocenters. The fourth-order valence-corrected chi connectivity index (χ4v) is 12.5. The van der Waals surface area contributed by atoms with Gasteiger partial charge in [-0.2, -0.15) is 15.2 Å². The minimum Gasteiger partial charge on any atom is -0.497 e. The number of benzene rings is 5. The van der Waals surface area contributed by atoms with Gasteiger partial charge in [0.2, 0.25) is 0 Å². The number of phosphoric acid groups is 1. The molecule has 8 atom stereocenters. The minimum absolute atomic E-state index is 0.00748. The minimum atomic E-state index is -5.02. The first kappa shape index (κ1) is 62.1. The molecule has 7 aromatic rings. The molecule has 3 N–H and O–H groups in total. The third kappa shape index (κ3) is 14.1. The van der Waals surface area contributed by atoms with Gasteiger partial charge in [0.25, 0.3) is 11.8 Å². The fourth-order valence-electron chi connectivity index (χ4n) is 10.8. The Morgan fingerprint density at radius 3 is 1.66 bits per heavy atom. The van der Waals surface area contributed by atoms with E-state index in [0.717, 1.165) is 4.57 Å². The van der Waals surface area contributed by atoms with E-state index in [1.807, 2.05) is 92.7 Å². The number of aromatic nitrogens is 4. The third-order valence-electron chi connectivity index (χ3n) is 15.7. The molecule has 5 aromatic carbocycles. The lowest BCUT2D eigenvalue weighted by Gasteiger charge is -2.39. The van der Waals surface area contributed by atoms with Gasteiger partial charge in [-0.1, -0.05) is 111 Å². The second-order valence-electron chi connectivity index (χ2n) is 20.7. The van der Waals surface area contributed by atoms with Crippen LogP contribution in [0, 0.1) is 16.7 Å². The summed E-state index contributed by atoms with van der Waals surface area (Å²) in [6.07, 6.45) is -3.10. The first-order valence-electron chi connectivity index (χ1n) is 28.2. The van der Waals surface area contributed by atoms with Gasteiger partial charge >= 0.3 is 19.2 Å². The van der Waals surface area contributed by atoms with E-state index in [1.54, 1.807) is 81.0 Å². The molecular weight excluding hydrogens is 1120 g/mol. The summed E-state index contributed by atoms with van der Waals surface area (Å²) in [7, 11) is -1.88. The van der Waals surface area contributed by atoms with E-state index in [1.165, 1.54) is 29.1 Å². The van der Waals surface area contributed by atoms with Crippen molar-refractivity contribution >= 4 is 31.3 Å². The van der Waals surface area contributed by atoms with Crippen LogP contribution in [0.25, 0.3) is 0 Å². The van der Waals surface area contributed by atoms with Crippen LogP contribution >= 0.6 is 7.82 Å². The van der Waals surface area contributed by atoms with Crippen LogP contribution in [0.15, 0.2) is 186 Å². The normalized spacial score (nSPS) is 19.6. The van der Waals surface area contributed by atoms with Crippen LogP contribution in [0.3, 0.4) is 0 Å². The molecule has 2 saturated heterocycles. The Hall–Kier alpha value is -8.42. The van der Waals surface area contributed by atoms with E-state index in [2.05, 4.69) is 33.2 Å². The van der Waals surface area contributed by atoms with Crippen molar-refractivity contribution < 1.29 is 56.5 Å². The molecule has 86 heavy (non-hydrogen) atoms. The van der Waals surface area contributed by atoms with Gasteiger partial charge in [-0.3, -0.25) is 32.3 Å². The lowest BCUT2D eigenvalue weighted by molar-refractivity contribution is -0.0988. The van der Waals surface area contributed by atoms with Crippen LogP contribution in [0.2, 0.25) is 0 Å². The van der Waals surface area contributed by atoms with Gasteiger partial charge in [0, 0.05) is 41.8 Å². The van der Waals surface area contributed by atoms with Gasteiger partial charge in [0.15, 0.2) is 0 Å². The second-order valence-corrected chi connectivity index (χ2v) is 22.2. The maximum Gasteiger partial charge on any atom is 0.475 e. The largest absolute Gasteiger partial charge is 0.497 e. The van der Waals surface area contributed by atoms with Crippen molar-refractivity contribution in [2.24, 2.45) is 5.41 Å². The molecular formula is C64H68N7O14P. The number of allylic oxidation sites excluding steroid dienone is 1. The number of carbonyl (C=O) groups is 2. The number of hydrogen-bond donors (Lipinski definition) is 3. The second kappa shape index (κ2) is 28.2. The lowest BCUT2D eigenvalue weighted by Crippen LogP contribution is -2.39. The Kier molecular flexibility index (Phi) is 20.4. The standard InChI is InChI=1S/C64H68N7O14P/c1-6-35-63(7-2,8-3)54(32-36-65)85-86(77,81-42-52-50(72)39-57(82-52)70-37-33-55(68-61(70)75)66-59(73)43-18-12-9-13-19-43)84-51-40-58(71-38-34-56(69-62(71)76)67-60(74)44-20-14-10-15-21-44)83-53(51)41-80-64(45-22-16-11-17-23-45,46-24-28-48(78-4)29-25-46)47-26-30-49(79-5)31-27-47/h6,9-31,33-34,37-38,50-54,57-58,72H,1,7-8,32,35,39-42H2,2-5H3,(H,66,68,73,75)(H,67,69,74,76)/t50-,51-,52+,53+,54?,57+,58+,86?/m0/s1. The van der Waals surface area contributed by atoms with E-state index in [0.29, 0.717) is 58.6 Å². The number of aliphatic hydroxyl groups is 1. The predicted molar refractivity (Wildman–Crippen MR) is 318 cm³/mol. The number of aliphatic hydroxyl groups excluding tert-OH is 1. The number of phosphoric ester groups is 1. The summed E-state index contributed by atoms with van der Waals surface area (Å²) in [6, 6.07) is 46.2. The number of nitrogens with zero attached hydrogens (tertiary/aromatic N) is 5. The Bertz CT molecular complexity index is 3590. The Morgan fingerprint density at radius 1 is 0.721 bits per heavy atom. The Labute approximate surface area is 497 Å². The van der Waals surface area contributed by atoms with Crippen molar-refractivity contribution in [3.8, 4) is 17.6 Å². The number of nitrogens with one attached hydrogen (secondary N) is 2. The number of carbonyl (C=O) groups excluding carboxylic acids is 2. The SMILES string of the molecule is C=CCC(CC)(CC)C(CC#N)OP(=O)(OC[C@H]1O[C@@H](n2ccc(NC(=O)c3ccccc3)nc2=O)C[C@@H]1O)O[C@H]1C[C@H](n2ccc(NC(=O)c3ccccc3)nc2=O)O[C@@H]1COC(c1ccccc1)(c1ccc(OC)cc1)c1ccc(OC)cc1. The van der Waals surface area contributed by atoms with Crippen molar-refractivity contribution in [2.45, 2.75) is 101 Å². The summed E-state index contributed by atoms with van der Waals surface area (Å²) >= 11 is 0. The van der Waals surface area contributed by atoms with Gasteiger partial charge < -0.3 is 39.4 Å². The summed E-state index contributed by atoms with van der Waals surface area (Å²) in [4.78, 5) is 61.8. The molecule has 0 saturated carbocycles. The number of ether oxygens (including phenoxy) is 5. The van der Waals surface area contributed by atoms with E-state index < -0.39 is 91.6 Å². The highest BCUT2D eigenvalue weighted by molar-refractivity contribution is 7.48. The van der Waals surface area contributed by atoms with Crippen LogP contribution in [-0.4, -0.2) is 94.0 Å². The summed E-state index contributed by atoms with van der Waals surface area (Å²) in [5.41, 5.74) is -1.00. The first-order valence-corrected chi connectivity index (χ1v) is 29.6.